The molecule has 10 aromatic rings. The summed E-state index contributed by atoms with van der Waals surface area (Å²) in [6, 6.07) is 60.7. The van der Waals surface area contributed by atoms with Crippen LogP contribution in [0.5, 0.6) is 0 Å². The summed E-state index contributed by atoms with van der Waals surface area (Å²) in [5.41, 5.74) is 12.9. The van der Waals surface area contributed by atoms with Crippen LogP contribution in [0.4, 0.5) is 0 Å². The van der Waals surface area contributed by atoms with Gasteiger partial charge in [-0.15, -0.1) is 41.3 Å². The van der Waals surface area contributed by atoms with Gasteiger partial charge in [-0.25, -0.2) is 0 Å². The third-order valence-corrected chi connectivity index (χ3v) is 10.4. The standard InChI is InChI=1S/C38H24N3S.C12H10N.Ir/c1-3-10-27(11-4-1)30-14-9-15-31(28-12-5-2-6-13-28)37(30)41-35-17-8-7-16-34(35)40-38(41)33-25-42-36-19-18-29(24-32(33)36)26-20-22-39-23-21-26;1-10-7-8-12(13-9-10)11-5-3-2-4-6-11;/h1-24H;2-5,7-9H,1H3;/q2*-1;/i;1D3;. The number of hydrogen-bond donors (Lipinski definition) is 0. The van der Waals surface area contributed by atoms with Gasteiger partial charge in [0.05, 0.1) is 22.5 Å². The predicted molar refractivity (Wildman–Crippen MR) is 228 cm³/mol. The fourth-order valence-corrected chi connectivity index (χ4v) is 7.70. The maximum absolute atomic E-state index is 7.23. The zero-order valence-electron chi connectivity index (χ0n) is 32.9. The van der Waals surface area contributed by atoms with Crippen molar-refractivity contribution in [3.05, 3.63) is 205 Å². The van der Waals surface area contributed by atoms with Crippen LogP contribution in [0.15, 0.2) is 188 Å². The van der Waals surface area contributed by atoms with Crippen molar-refractivity contribution < 1.29 is 24.2 Å². The molecule has 0 aliphatic rings. The number of fused-ring (bicyclic) bond motifs is 2. The zero-order chi connectivity index (χ0) is 39.5. The minimum Gasteiger partial charge on any atom is -0.332 e. The number of hydrogen-bond acceptors (Lipinski definition) is 4. The quantitative estimate of drug-likeness (QED) is 0.156. The van der Waals surface area contributed by atoms with Crippen LogP contribution in [-0.4, -0.2) is 19.5 Å². The Morgan fingerprint density at radius 2 is 1.36 bits per heavy atom. The van der Waals surface area contributed by atoms with E-state index in [1.165, 1.54) is 10.9 Å². The van der Waals surface area contributed by atoms with E-state index in [0.717, 1.165) is 78.1 Å². The molecule has 6 heteroatoms. The Labute approximate surface area is 348 Å². The molecule has 0 saturated carbocycles. The van der Waals surface area contributed by atoms with Crippen LogP contribution in [0.3, 0.4) is 0 Å². The largest absolute Gasteiger partial charge is 0.332 e. The van der Waals surface area contributed by atoms with Gasteiger partial charge in [-0.2, -0.15) is 0 Å². The number of imidazole rings is 1. The number of aromatic nitrogens is 4. The average molecular weight is 918 g/mol. The molecule has 0 aliphatic carbocycles. The van der Waals surface area contributed by atoms with Crippen molar-refractivity contribution >= 4 is 32.5 Å². The van der Waals surface area contributed by atoms with E-state index in [4.69, 9.17) is 9.10 Å². The van der Waals surface area contributed by atoms with Crippen molar-refractivity contribution in [1.82, 2.24) is 19.5 Å². The van der Waals surface area contributed by atoms with E-state index in [0.29, 0.717) is 0 Å². The number of thiophene rings is 1. The van der Waals surface area contributed by atoms with E-state index in [-0.39, 0.29) is 25.7 Å². The van der Waals surface area contributed by atoms with Gasteiger partial charge in [0.1, 0.15) is 0 Å². The first-order chi connectivity index (χ1) is 28.4. The number of benzene rings is 6. The third kappa shape index (κ3) is 7.38. The van der Waals surface area contributed by atoms with Gasteiger partial charge in [0.15, 0.2) is 0 Å². The Balaban J connectivity index is 0.000000240. The number of aryl methyl sites for hydroxylation is 1. The first-order valence-corrected chi connectivity index (χ1v) is 18.7. The molecule has 0 bridgehead atoms. The van der Waals surface area contributed by atoms with Crippen molar-refractivity contribution in [3.63, 3.8) is 0 Å². The maximum atomic E-state index is 7.23. The van der Waals surface area contributed by atoms with Crippen molar-refractivity contribution in [2.45, 2.75) is 6.85 Å². The molecule has 1 radical (unpaired) electrons. The van der Waals surface area contributed by atoms with Gasteiger partial charge < -0.3 is 9.55 Å². The summed E-state index contributed by atoms with van der Waals surface area (Å²) in [6.45, 7) is -2.09. The summed E-state index contributed by atoms with van der Waals surface area (Å²) < 4.78 is 25.2. The van der Waals surface area contributed by atoms with Crippen LogP contribution in [0.25, 0.3) is 82.8 Å². The molecule has 271 valence electrons. The van der Waals surface area contributed by atoms with Crippen LogP contribution in [0.1, 0.15) is 9.68 Å². The van der Waals surface area contributed by atoms with Gasteiger partial charge in [-0.3, -0.25) is 21.3 Å². The Bertz CT molecular complexity index is 2910. The second-order valence-electron chi connectivity index (χ2n) is 12.9. The molecule has 0 spiro atoms. The zero-order valence-corrected chi connectivity index (χ0v) is 33.1. The minimum absolute atomic E-state index is 0. The number of para-hydroxylation sites is 3. The Kier molecular flexibility index (Phi) is 9.80. The molecule has 0 fully saturated rings. The van der Waals surface area contributed by atoms with E-state index < -0.39 is 6.85 Å². The molecular formula is C50H34IrN4S-2. The Hall–Kier alpha value is -6.30. The summed E-state index contributed by atoms with van der Waals surface area (Å²) in [5, 5.41) is 4.79. The molecule has 0 amide bonds. The molecular weight excluding hydrogens is 881 g/mol. The van der Waals surface area contributed by atoms with Crippen LogP contribution < -0.4 is 0 Å². The van der Waals surface area contributed by atoms with Gasteiger partial charge in [0, 0.05) is 53.9 Å². The minimum atomic E-state index is -2.09. The monoisotopic (exact) mass is 918 g/mol. The summed E-state index contributed by atoms with van der Waals surface area (Å²) in [7, 11) is 0. The fraction of sp³-hybridized carbons (Fsp3) is 0.0200. The van der Waals surface area contributed by atoms with E-state index >= 15 is 0 Å². The summed E-state index contributed by atoms with van der Waals surface area (Å²) in [6.07, 6.45) is 5.07. The molecule has 0 N–H and O–H groups in total. The summed E-state index contributed by atoms with van der Waals surface area (Å²) >= 11 is 1.64. The third-order valence-electron chi connectivity index (χ3n) is 9.49. The van der Waals surface area contributed by atoms with Gasteiger partial charge >= 0.3 is 0 Å². The first-order valence-electron chi connectivity index (χ1n) is 19.4. The van der Waals surface area contributed by atoms with Gasteiger partial charge in [0.25, 0.3) is 0 Å². The van der Waals surface area contributed by atoms with Crippen molar-refractivity contribution in [2.75, 3.05) is 0 Å². The second-order valence-corrected chi connectivity index (χ2v) is 13.8. The van der Waals surface area contributed by atoms with E-state index in [1.54, 1.807) is 29.5 Å². The molecule has 0 saturated heterocycles. The fourth-order valence-electron chi connectivity index (χ4n) is 6.88. The van der Waals surface area contributed by atoms with E-state index in [9.17, 15) is 0 Å². The molecule has 6 aromatic carbocycles. The topological polar surface area (TPSA) is 43.6 Å². The number of pyridine rings is 2. The summed E-state index contributed by atoms with van der Waals surface area (Å²) in [4.78, 5) is 13.6. The molecule has 56 heavy (non-hydrogen) atoms. The molecule has 0 atom stereocenters. The predicted octanol–water partition coefficient (Wildman–Crippen LogP) is 13.0. The van der Waals surface area contributed by atoms with Gasteiger partial charge in [-0.05, 0) is 64.6 Å². The van der Waals surface area contributed by atoms with Crippen LogP contribution in [0.2, 0.25) is 0 Å². The smallest absolute Gasteiger partial charge is 0.0774 e. The number of rotatable bonds is 6. The average Bonchev–Trinajstić information content (AvgIpc) is 3.88. The Morgan fingerprint density at radius 3 is 2.04 bits per heavy atom. The molecule has 0 unspecified atom stereocenters. The SMILES string of the molecule is [2H]C([2H])([2H])c1ccc(-c2[c-]cccc2)nc1.[Ir].[c-]1sc2ccc(-c3ccncc3)cc2c1-c1nc2ccccc2n1-c1c(-c2ccccc2)cccc1-c1ccccc1. The molecule has 4 aromatic heterocycles. The summed E-state index contributed by atoms with van der Waals surface area (Å²) in [5.74, 6) is 0.884. The first kappa shape index (κ1) is 33.1. The van der Waals surface area contributed by atoms with E-state index in [2.05, 4.69) is 159 Å². The number of nitrogens with zero attached hydrogens (tertiary/aromatic N) is 4. The van der Waals surface area contributed by atoms with E-state index in [1.807, 2.05) is 30.6 Å². The maximum Gasteiger partial charge on any atom is 0.0774 e. The second kappa shape index (κ2) is 16.6. The molecule has 4 heterocycles. The molecule has 10 rings (SSSR count). The van der Waals surface area contributed by atoms with Crippen LogP contribution in [-0.2, 0) is 20.1 Å². The van der Waals surface area contributed by atoms with Gasteiger partial charge in [0.2, 0.25) is 0 Å². The van der Waals surface area contributed by atoms with Crippen molar-refractivity contribution in [2.24, 2.45) is 0 Å². The van der Waals surface area contributed by atoms with Crippen molar-refractivity contribution in [1.29, 1.82) is 0 Å². The van der Waals surface area contributed by atoms with Gasteiger partial charge in [-0.1, -0.05) is 137 Å². The van der Waals surface area contributed by atoms with Crippen LogP contribution in [0, 0.1) is 18.3 Å². The molecule has 4 nitrogen and oxygen atoms in total. The van der Waals surface area contributed by atoms with Crippen LogP contribution >= 0.6 is 11.3 Å². The molecule has 0 aliphatic heterocycles. The Morgan fingerprint density at radius 1 is 0.643 bits per heavy atom. The van der Waals surface area contributed by atoms with Crippen molar-refractivity contribution in [3.8, 4) is 61.7 Å². The normalized spacial score (nSPS) is 11.8.